The van der Waals surface area contributed by atoms with Crippen LogP contribution in [0.3, 0.4) is 0 Å². The molecule has 0 aliphatic carbocycles. The van der Waals surface area contributed by atoms with Crippen LogP contribution in [0.15, 0.2) is 150 Å². The van der Waals surface area contributed by atoms with E-state index < -0.39 is 7.26 Å². The molecule has 1 aromatic heterocycles. The highest BCUT2D eigenvalue weighted by molar-refractivity contribution is 8.01. The highest BCUT2D eigenvalue weighted by atomic mass is 127. The highest BCUT2D eigenvalue weighted by Gasteiger charge is 2.53. The standard InChI is InChI=1S/C35H30N2OP.HI/c1-27-23-25-29(26-24-27)37(2)35-34(36-33(38-35)28-15-7-3-8-16-28)39(30-17-9-4-10-18-30,31-19-11-5-12-20-31)32-21-13-6-14-22-32;/h3-26H,1-2H3;1H/q+1;/p-1. The van der Waals surface area contributed by atoms with Crippen LogP contribution in [0.5, 0.6) is 0 Å². The van der Waals surface area contributed by atoms with Gasteiger partial charge in [0.1, 0.15) is 15.9 Å². The Kier molecular flexibility index (Phi) is 8.49. The van der Waals surface area contributed by atoms with Crippen molar-refractivity contribution in [2.24, 2.45) is 0 Å². The summed E-state index contributed by atoms with van der Waals surface area (Å²) < 4.78 is 6.76. The number of anilines is 2. The molecule has 0 aliphatic heterocycles. The summed E-state index contributed by atoms with van der Waals surface area (Å²) >= 11 is 0. The van der Waals surface area contributed by atoms with Crippen LogP contribution in [0.1, 0.15) is 5.56 Å². The van der Waals surface area contributed by atoms with Gasteiger partial charge in [0.05, 0.1) is 0 Å². The summed E-state index contributed by atoms with van der Waals surface area (Å²) in [6.45, 7) is 2.11. The molecule has 0 saturated carbocycles. The van der Waals surface area contributed by atoms with Gasteiger partial charge >= 0.3 is 0 Å². The maximum Gasteiger partial charge on any atom is 0.266 e. The molecule has 0 radical (unpaired) electrons. The Morgan fingerprint density at radius 2 is 1.00 bits per heavy atom. The largest absolute Gasteiger partial charge is 1.00 e. The van der Waals surface area contributed by atoms with Crippen LogP contribution in [0.2, 0.25) is 0 Å². The van der Waals surface area contributed by atoms with Crippen LogP contribution in [0.4, 0.5) is 11.6 Å². The molecule has 0 N–H and O–H groups in total. The van der Waals surface area contributed by atoms with Crippen LogP contribution >= 0.6 is 7.26 Å². The van der Waals surface area contributed by atoms with Gasteiger partial charge < -0.3 is 33.3 Å². The fourth-order valence-corrected chi connectivity index (χ4v) is 9.31. The molecule has 0 unspecified atom stereocenters. The Labute approximate surface area is 253 Å². The number of aryl methyl sites for hydroxylation is 1. The van der Waals surface area contributed by atoms with Gasteiger partial charge in [-0.15, -0.1) is 0 Å². The monoisotopic (exact) mass is 652 g/mol. The van der Waals surface area contributed by atoms with E-state index in [-0.39, 0.29) is 24.0 Å². The van der Waals surface area contributed by atoms with E-state index in [1.807, 2.05) is 18.2 Å². The minimum atomic E-state index is -2.47. The van der Waals surface area contributed by atoms with Gasteiger partial charge in [0.2, 0.25) is 5.89 Å². The fourth-order valence-electron chi connectivity index (χ4n) is 5.10. The van der Waals surface area contributed by atoms with Crippen molar-refractivity contribution in [3.8, 4) is 11.5 Å². The molecule has 0 saturated heterocycles. The third kappa shape index (κ3) is 5.10. The lowest BCUT2D eigenvalue weighted by atomic mass is 10.2. The fraction of sp³-hybridized carbons (Fsp3) is 0.0571. The van der Waals surface area contributed by atoms with Gasteiger partial charge in [0.25, 0.3) is 11.3 Å². The molecular weight excluding hydrogens is 622 g/mol. The molecule has 0 bridgehead atoms. The molecule has 40 heavy (non-hydrogen) atoms. The second-order valence-electron chi connectivity index (χ2n) is 9.59. The molecule has 5 heteroatoms. The third-order valence-corrected chi connectivity index (χ3v) is 11.2. The molecule has 198 valence electrons. The average molecular weight is 653 g/mol. The summed E-state index contributed by atoms with van der Waals surface area (Å²) in [4.78, 5) is 7.52. The first-order chi connectivity index (χ1) is 19.2. The van der Waals surface area contributed by atoms with Crippen molar-refractivity contribution >= 4 is 40.2 Å². The number of hydrogen-bond donors (Lipinski definition) is 0. The number of halogens is 1. The zero-order chi connectivity index (χ0) is 26.7. The van der Waals surface area contributed by atoms with Crippen molar-refractivity contribution in [2.75, 3.05) is 11.9 Å². The maximum atomic E-state index is 6.76. The summed E-state index contributed by atoms with van der Waals surface area (Å²) in [6, 6.07) is 51.1. The van der Waals surface area contributed by atoms with E-state index in [9.17, 15) is 0 Å². The van der Waals surface area contributed by atoms with Gasteiger partial charge in [-0.25, -0.2) is 0 Å². The predicted molar refractivity (Wildman–Crippen MR) is 166 cm³/mol. The Hall–Kier alpha value is -3.73. The number of nitrogens with zero attached hydrogens (tertiary/aromatic N) is 2. The SMILES string of the molecule is Cc1ccc(N(C)c2oc(-c3ccccc3)nc2[P+](c2ccccc2)(c2ccccc2)c2ccccc2)cc1.[I-]. The lowest BCUT2D eigenvalue weighted by Gasteiger charge is -2.27. The van der Waals surface area contributed by atoms with Gasteiger partial charge in [0.15, 0.2) is 7.26 Å². The highest BCUT2D eigenvalue weighted by Crippen LogP contribution is 2.56. The predicted octanol–water partition coefficient (Wildman–Crippen LogP) is 4.04. The van der Waals surface area contributed by atoms with Crippen molar-refractivity contribution in [3.63, 3.8) is 0 Å². The zero-order valence-corrected chi connectivity index (χ0v) is 25.5. The summed E-state index contributed by atoms with van der Waals surface area (Å²) in [6.07, 6.45) is 0. The number of rotatable bonds is 7. The summed E-state index contributed by atoms with van der Waals surface area (Å²) in [5, 5.41) is 3.69. The van der Waals surface area contributed by atoms with Crippen molar-refractivity contribution in [1.82, 2.24) is 4.98 Å². The first-order valence-electron chi connectivity index (χ1n) is 13.1. The van der Waals surface area contributed by atoms with Crippen molar-refractivity contribution in [3.05, 3.63) is 151 Å². The molecule has 6 aromatic rings. The first-order valence-corrected chi connectivity index (χ1v) is 14.9. The van der Waals surface area contributed by atoms with Crippen LogP contribution in [-0.2, 0) is 0 Å². The van der Waals surface area contributed by atoms with Crippen LogP contribution in [0.25, 0.3) is 11.5 Å². The van der Waals surface area contributed by atoms with E-state index >= 15 is 0 Å². The average Bonchev–Trinajstić information content (AvgIpc) is 3.45. The summed E-state index contributed by atoms with van der Waals surface area (Å²) in [7, 11) is -0.405. The molecule has 0 amide bonds. The quantitative estimate of drug-likeness (QED) is 0.193. The molecule has 0 atom stereocenters. The topological polar surface area (TPSA) is 29.3 Å². The molecule has 0 fully saturated rings. The summed E-state index contributed by atoms with van der Waals surface area (Å²) in [5.74, 6) is 1.37. The normalized spacial score (nSPS) is 11.1. The zero-order valence-electron chi connectivity index (χ0n) is 22.5. The number of benzene rings is 5. The number of hydrogen-bond acceptors (Lipinski definition) is 3. The Morgan fingerprint density at radius 1 is 0.575 bits per heavy atom. The lowest BCUT2D eigenvalue weighted by molar-refractivity contribution is -0.00000815. The second kappa shape index (κ2) is 12.2. The number of oxazole rings is 1. The molecule has 3 nitrogen and oxygen atoms in total. The Bertz CT molecular complexity index is 1560. The molecule has 1 heterocycles. The first kappa shape index (κ1) is 27.8. The minimum absolute atomic E-state index is 0. The van der Waals surface area contributed by atoms with Gasteiger partial charge in [-0.05, 0) is 67.6 Å². The van der Waals surface area contributed by atoms with E-state index in [0.717, 1.165) is 22.6 Å². The molecule has 0 aliphatic rings. The van der Waals surface area contributed by atoms with E-state index in [2.05, 4.69) is 146 Å². The van der Waals surface area contributed by atoms with Crippen molar-refractivity contribution in [2.45, 2.75) is 6.92 Å². The van der Waals surface area contributed by atoms with Gasteiger partial charge in [0, 0.05) is 18.3 Å². The van der Waals surface area contributed by atoms with E-state index in [0.29, 0.717) is 5.89 Å². The van der Waals surface area contributed by atoms with Crippen LogP contribution in [0, 0.1) is 6.92 Å². The second-order valence-corrected chi connectivity index (χ2v) is 12.9. The third-order valence-electron chi connectivity index (χ3n) is 7.09. The van der Waals surface area contributed by atoms with Crippen LogP contribution in [-0.4, -0.2) is 12.0 Å². The van der Waals surface area contributed by atoms with E-state index in [4.69, 9.17) is 9.40 Å². The lowest BCUT2D eigenvalue weighted by Crippen LogP contribution is -3.00. The van der Waals surface area contributed by atoms with Crippen LogP contribution < -0.4 is 50.2 Å². The number of aromatic nitrogens is 1. The Morgan fingerprint density at radius 3 is 1.45 bits per heavy atom. The van der Waals surface area contributed by atoms with Gasteiger partial charge in [-0.2, -0.15) is 4.98 Å². The van der Waals surface area contributed by atoms with E-state index in [1.165, 1.54) is 21.5 Å². The van der Waals surface area contributed by atoms with Crippen molar-refractivity contribution in [1.29, 1.82) is 0 Å². The summed E-state index contributed by atoms with van der Waals surface area (Å²) in [5.41, 5.74) is 4.17. The van der Waals surface area contributed by atoms with Gasteiger partial charge in [-0.3, -0.25) is 0 Å². The molecule has 6 rings (SSSR count). The Balaban J connectivity index is 0.00000323. The van der Waals surface area contributed by atoms with Crippen molar-refractivity contribution < 1.29 is 28.4 Å². The maximum absolute atomic E-state index is 6.76. The minimum Gasteiger partial charge on any atom is -1.00 e. The smallest absolute Gasteiger partial charge is 0.266 e. The van der Waals surface area contributed by atoms with E-state index in [1.54, 1.807) is 0 Å². The molecular formula is C35H30IN2OP. The van der Waals surface area contributed by atoms with Gasteiger partial charge in [-0.1, -0.05) is 90.5 Å². The molecule has 5 aromatic carbocycles. The molecule has 0 spiro atoms.